The molecule has 3 rings (SSSR count). The van der Waals surface area contributed by atoms with E-state index in [4.69, 9.17) is 19.7 Å². The predicted molar refractivity (Wildman–Crippen MR) is 142 cm³/mol. The highest BCUT2D eigenvalue weighted by Gasteiger charge is 2.38. The summed E-state index contributed by atoms with van der Waals surface area (Å²) in [5, 5.41) is 19.6. The van der Waals surface area contributed by atoms with Crippen molar-refractivity contribution >= 4 is 50.7 Å². The van der Waals surface area contributed by atoms with E-state index in [1.54, 1.807) is 13.1 Å². The number of pyridine rings is 1. The highest BCUT2D eigenvalue weighted by Crippen LogP contribution is 2.30. The number of aliphatic carboxylic acids is 2. The molecule has 2 aromatic carbocycles. The van der Waals surface area contributed by atoms with Crippen LogP contribution in [0, 0.1) is 0 Å². The summed E-state index contributed by atoms with van der Waals surface area (Å²) in [5.41, 5.74) is 2.08. The van der Waals surface area contributed by atoms with Crippen LogP contribution in [0.4, 0.5) is 18.9 Å². The molecule has 2 unspecified atom stereocenters. The molecule has 0 saturated carbocycles. The van der Waals surface area contributed by atoms with Gasteiger partial charge in [0.05, 0.1) is 18.0 Å². The third-order valence-corrected chi connectivity index (χ3v) is 6.76. The Bertz CT molecular complexity index is 1560. The molecule has 0 saturated heterocycles. The van der Waals surface area contributed by atoms with Crippen molar-refractivity contribution in [3.05, 3.63) is 60.3 Å². The molecule has 42 heavy (non-hydrogen) atoms. The standard InChI is InChI=1S/C24H25N3O7S.C2HF3O2/c1-15(11-17-5-3-7-21-20(17)6-4-10-25-21)34-22-12-18(26-16(2)29)8-9-23(22)35(32,33)27-19(14-28)13-24(30)31;3-2(4,5)1(6)7/h3-10,12,14-15,19,27H,11,13H2,1-2H3,(H,26,29)(H,30,31);(H,6,7). The van der Waals surface area contributed by atoms with Crippen LogP contribution >= 0.6 is 0 Å². The molecule has 0 aliphatic rings. The van der Waals surface area contributed by atoms with Crippen LogP contribution in [0.1, 0.15) is 25.8 Å². The fourth-order valence-corrected chi connectivity index (χ4v) is 4.87. The number of nitrogens with one attached hydrogen (secondary N) is 2. The number of benzene rings is 2. The highest BCUT2D eigenvalue weighted by molar-refractivity contribution is 7.89. The topological polar surface area (TPSA) is 189 Å². The molecule has 2 atom stereocenters. The Labute approximate surface area is 237 Å². The van der Waals surface area contributed by atoms with Gasteiger partial charge in [-0.05, 0) is 36.8 Å². The molecule has 0 aliphatic heterocycles. The van der Waals surface area contributed by atoms with Crippen molar-refractivity contribution in [3.8, 4) is 5.75 Å². The Hall–Kier alpha value is -4.57. The molecule has 0 spiro atoms. The Kier molecular flexibility index (Phi) is 11.5. The minimum atomic E-state index is -5.08. The second-order valence-corrected chi connectivity index (χ2v) is 10.4. The van der Waals surface area contributed by atoms with Gasteiger partial charge in [-0.3, -0.25) is 14.6 Å². The molecule has 1 heterocycles. The van der Waals surface area contributed by atoms with E-state index in [-0.39, 0.29) is 22.8 Å². The number of ether oxygens (including phenoxy) is 1. The van der Waals surface area contributed by atoms with Gasteiger partial charge in [0.2, 0.25) is 15.9 Å². The van der Waals surface area contributed by atoms with Crippen molar-refractivity contribution in [2.24, 2.45) is 0 Å². The minimum absolute atomic E-state index is 0.0606. The van der Waals surface area contributed by atoms with Crippen LogP contribution in [-0.4, -0.2) is 66.1 Å². The number of aromatic nitrogens is 1. The van der Waals surface area contributed by atoms with Crippen molar-refractivity contribution in [1.82, 2.24) is 9.71 Å². The van der Waals surface area contributed by atoms with E-state index in [9.17, 15) is 36.0 Å². The fourth-order valence-electron chi connectivity index (χ4n) is 3.58. The zero-order valence-corrected chi connectivity index (χ0v) is 22.9. The molecule has 4 N–H and O–H groups in total. The van der Waals surface area contributed by atoms with Crippen LogP contribution in [0.2, 0.25) is 0 Å². The Morgan fingerprint density at radius 1 is 1.10 bits per heavy atom. The van der Waals surface area contributed by atoms with Crippen LogP contribution in [0.25, 0.3) is 10.9 Å². The number of fused-ring (bicyclic) bond motifs is 1. The fraction of sp³-hybridized carbons (Fsp3) is 0.269. The van der Waals surface area contributed by atoms with Crippen molar-refractivity contribution in [1.29, 1.82) is 0 Å². The molecule has 0 radical (unpaired) electrons. The Balaban J connectivity index is 0.000000782. The quantitative estimate of drug-likeness (QED) is 0.234. The third-order valence-electron chi connectivity index (χ3n) is 5.23. The first kappa shape index (κ1) is 33.6. The first-order valence-electron chi connectivity index (χ1n) is 11.9. The monoisotopic (exact) mass is 613 g/mol. The predicted octanol–water partition coefficient (Wildman–Crippen LogP) is 3.16. The van der Waals surface area contributed by atoms with E-state index in [0.29, 0.717) is 12.1 Å². The summed E-state index contributed by atoms with van der Waals surface area (Å²) in [6, 6.07) is 11.9. The van der Waals surface area contributed by atoms with Crippen LogP contribution in [0.3, 0.4) is 0 Å². The van der Waals surface area contributed by atoms with Gasteiger partial charge < -0.3 is 25.1 Å². The number of hydrogen-bond donors (Lipinski definition) is 4. The van der Waals surface area contributed by atoms with E-state index in [1.807, 2.05) is 30.3 Å². The second kappa shape index (κ2) is 14.4. The van der Waals surface area contributed by atoms with Gasteiger partial charge in [-0.2, -0.15) is 13.2 Å². The average molecular weight is 614 g/mol. The van der Waals surface area contributed by atoms with Crippen molar-refractivity contribution in [2.75, 3.05) is 5.32 Å². The van der Waals surface area contributed by atoms with Crippen molar-refractivity contribution < 1.29 is 55.7 Å². The summed E-state index contributed by atoms with van der Waals surface area (Å²) in [6.07, 6.45) is -3.95. The largest absolute Gasteiger partial charge is 0.490 e. The number of sulfonamides is 1. The lowest BCUT2D eigenvalue weighted by Crippen LogP contribution is -2.37. The van der Waals surface area contributed by atoms with Gasteiger partial charge in [0.25, 0.3) is 0 Å². The number of amides is 1. The Morgan fingerprint density at radius 2 is 1.76 bits per heavy atom. The molecule has 16 heteroatoms. The SMILES string of the molecule is CC(=O)Nc1ccc(S(=O)(=O)NC(C=O)CC(=O)O)c(OC(C)Cc2cccc3ncccc23)c1.O=C(O)C(F)(F)F. The van der Waals surface area contributed by atoms with Gasteiger partial charge in [-0.25, -0.2) is 17.9 Å². The molecule has 12 nitrogen and oxygen atoms in total. The van der Waals surface area contributed by atoms with Crippen molar-refractivity contribution in [3.63, 3.8) is 0 Å². The maximum Gasteiger partial charge on any atom is 0.490 e. The van der Waals surface area contributed by atoms with E-state index in [0.717, 1.165) is 16.5 Å². The minimum Gasteiger partial charge on any atom is -0.489 e. The molecule has 0 fully saturated rings. The molecule has 0 bridgehead atoms. The molecular formula is C26H26F3N3O9S. The van der Waals surface area contributed by atoms with Crippen LogP contribution in [0.5, 0.6) is 5.75 Å². The van der Waals surface area contributed by atoms with Crippen LogP contribution in [0.15, 0.2) is 59.6 Å². The highest BCUT2D eigenvalue weighted by atomic mass is 32.2. The average Bonchev–Trinajstić information content (AvgIpc) is 2.87. The van der Waals surface area contributed by atoms with Gasteiger partial charge in [-0.15, -0.1) is 0 Å². The second-order valence-electron chi connectivity index (χ2n) is 8.73. The summed E-state index contributed by atoms with van der Waals surface area (Å²) < 4.78 is 65.9. The summed E-state index contributed by atoms with van der Waals surface area (Å²) >= 11 is 0. The van der Waals surface area contributed by atoms with Gasteiger partial charge in [0, 0.05) is 36.7 Å². The lowest BCUT2D eigenvalue weighted by Gasteiger charge is -2.20. The number of rotatable bonds is 11. The molecular weight excluding hydrogens is 587 g/mol. The van der Waals surface area contributed by atoms with Gasteiger partial charge in [-0.1, -0.05) is 18.2 Å². The van der Waals surface area contributed by atoms with Crippen LogP contribution in [-0.2, 0) is 35.6 Å². The number of alkyl halides is 3. The smallest absolute Gasteiger partial charge is 0.489 e. The number of nitrogens with zero attached hydrogens (tertiary/aromatic N) is 1. The Morgan fingerprint density at radius 3 is 2.33 bits per heavy atom. The van der Waals surface area contributed by atoms with E-state index >= 15 is 0 Å². The zero-order chi connectivity index (χ0) is 31.7. The first-order chi connectivity index (χ1) is 19.5. The van der Waals surface area contributed by atoms with E-state index < -0.39 is 46.7 Å². The maximum absolute atomic E-state index is 13.0. The number of carboxylic acids is 2. The third kappa shape index (κ3) is 10.1. The van der Waals surface area contributed by atoms with Gasteiger partial charge in [0.1, 0.15) is 23.0 Å². The van der Waals surface area contributed by atoms with Gasteiger partial charge in [0.15, 0.2) is 0 Å². The summed E-state index contributed by atoms with van der Waals surface area (Å²) in [5.74, 6) is -4.51. The number of halogens is 3. The molecule has 226 valence electrons. The number of carbonyl (C=O) groups excluding carboxylic acids is 2. The summed E-state index contributed by atoms with van der Waals surface area (Å²) in [7, 11) is -4.34. The number of aldehydes is 1. The van der Waals surface area contributed by atoms with Crippen LogP contribution < -0.4 is 14.8 Å². The summed E-state index contributed by atoms with van der Waals surface area (Å²) in [6.45, 7) is 3.08. The molecule has 3 aromatic rings. The normalized spacial score (nSPS) is 12.8. The number of anilines is 1. The number of carbonyl (C=O) groups is 4. The molecule has 0 aliphatic carbocycles. The zero-order valence-electron chi connectivity index (χ0n) is 22.1. The van der Waals surface area contributed by atoms with E-state index in [2.05, 4.69) is 15.0 Å². The molecule has 1 aromatic heterocycles. The first-order valence-corrected chi connectivity index (χ1v) is 13.4. The number of hydrogen-bond acceptors (Lipinski definition) is 8. The van der Waals surface area contributed by atoms with Crippen molar-refractivity contribution in [2.45, 2.75) is 49.9 Å². The lowest BCUT2D eigenvalue weighted by atomic mass is 10.0. The lowest BCUT2D eigenvalue weighted by molar-refractivity contribution is -0.192. The van der Waals surface area contributed by atoms with Gasteiger partial charge >= 0.3 is 18.1 Å². The molecule has 1 amide bonds. The maximum atomic E-state index is 13.0. The summed E-state index contributed by atoms with van der Waals surface area (Å²) in [4.78, 5) is 46.6. The van der Waals surface area contributed by atoms with E-state index in [1.165, 1.54) is 25.1 Å². The number of carboxylic acid groups (broad SMARTS) is 2.